The molecule has 0 aliphatic rings. The van der Waals surface area contributed by atoms with E-state index in [1.807, 2.05) is 32.0 Å². The summed E-state index contributed by atoms with van der Waals surface area (Å²) in [6.45, 7) is 3.89. The van der Waals surface area contributed by atoms with Crippen molar-refractivity contribution < 1.29 is 13.2 Å². The molecule has 1 aromatic carbocycles. The van der Waals surface area contributed by atoms with E-state index in [2.05, 4.69) is 10.2 Å². The van der Waals surface area contributed by atoms with Crippen LogP contribution in [0.15, 0.2) is 27.4 Å². The first-order chi connectivity index (χ1) is 8.34. The fourth-order valence-corrected chi connectivity index (χ4v) is 3.37. The Labute approximate surface area is 110 Å². The summed E-state index contributed by atoms with van der Waals surface area (Å²) in [6, 6.07) is 5.82. The van der Waals surface area contributed by atoms with Gasteiger partial charge in [0.1, 0.15) is 0 Å². The van der Waals surface area contributed by atoms with Crippen molar-refractivity contribution in [2.45, 2.75) is 29.3 Å². The van der Waals surface area contributed by atoms with Gasteiger partial charge in [-0.3, -0.25) is 0 Å². The number of aryl methyl sites for hydroxylation is 2. The number of hydrogen-bond acceptors (Lipinski definition) is 4. The van der Waals surface area contributed by atoms with Crippen molar-refractivity contribution in [3.05, 3.63) is 34.3 Å². The van der Waals surface area contributed by atoms with Gasteiger partial charge in [-0.2, -0.15) is 13.2 Å². The summed E-state index contributed by atoms with van der Waals surface area (Å²) in [5, 5.41) is 5.79. The highest BCUT2D eigenvalue weighted by atomic mass is 32.2. The quantitative estimate of drug-likeness (QED) is 0.823. The van der Waals surface area contributed by atoms with Gasteiger partial charge in [0.05, 0.1) is 0 Å². The van der Waals surface area contributed by atoms with Crippen LogP contribution in [0.4, 0.5) is 13.2 Å². The van der Waals surface area contributed by atoms with Crippen molar-refractivity contribution in [3.8, 4) is 0 Å². The number of aromatic nitrogens is 2. The lowest BCUT2D eigenvalue weighted by Crippen LogP contribution is -2.03. The van der Waals surface area contributed by atoms with E-state index < -0.39 is 11.2 Å². The van der Waals surface area contributed by atoms with Gasteiger partial charge in [-0.1, -0.05) is 29.2 Å². The van der Waals surface area contributed by atoms with Gasteiger partial charge in [0, 0.05) is 4.90 Å². The number of benzene rings is 1. The summed E-state index contributed by atoms with van der Waals surface area (Å²) in [4.78, 5) is 0.873. The number of rotatable bonds is 2. The largest absolute Gasteiger partial charge is 0.445 e. The van der Waals surface area contributed by atoms with Gasteiger partial charge in [-0.05, 0) is 37.1 Å². The molecule has 0 spiro atoms. The molecule has 0 aliphatic carbocycles. The summed E-state index contributed by atoms with van der Waals surface area (Å²) in [6.07, 6.45) is -4.42. The lowest BCUT2D eigenvalue weighted by Gasteiger charge is -2.01. The molecule has 0 radical (unpaired) electrons. The molecular formula is C11H9F3N2S2. The number of halogens is 3. The Morgan fingerprint density at radius 1 is 1.06 bits per heavy atom. The molecule has 2 nitrogen and oxygen atoms in total. The van der Waals surface area contributed by atoms with Gasteiger partial charge in [-0.25, -0.2) is 0 Å². The molecule has 18 heavy (non-hydrogen) atoms. The molecule has 2 rings (SSSR count). The van der Waals surface area contributed by atoms with Crippen LogP contribution < -0.4 is 0 Å². The van der Waals surface area contributed by atoms with Crippen LogP contribution in [0.1, 0.15) is 16.1 Å². The Bertz CT molecular complexity index is 543. The zero-order valence-electron chi connectivity index (χ0n) is 9.58. The van der Waals surface area contributed by atoms with Crippen molar-refractivity contribution in [1.29, 1.82) is 0 Å². The fraction of sp³-hybridized carbons (Fsp3) is 0.273. The van der Waals surface area contributed by atoms with E-state index in [1.54, 1.807) is 0 Å². The highest BCUT2D eigenvalue weighted by molar-refractivity contribution is 8.01. The molecule has 2 aromatic rings. The van der Waals surface area contributed by atoms with E-state index in [4.69, 9.17) is 0 Å². The summed E-state index contributed by atoms with van der Waals surface area (Å²) in [5.74, 6) is 0. The van der Waals surface area contributed by atoms with E-state index in [1.165, 1.54) is 11.8 Å². The average molecular weight is 290 g/mol. The summed E-state index contributed by atoms with van der Waals surface area (Å²) in [5.41, 5.74) is 2.14. The second-order valence-electron chi connectivity index (χ2n) is 3.80. The van der Waals surface area contributed by atoms with Crippen molar-refractivity contribution >= 4 is 23.1 Å². The van der Waals surface area contributed by atoms with Crippen molar-refractivity contribution in [2.75, 3.05) is 0 Å². The zero-order chi connectivity index (χ0) is 13.3. The highest BCUT2D eigenvalue weighted by Crippen LogP contribution is 2.37. The molecule has 0 aliphatic heterocycles. The molecule has 96 valence electrons. The Hall–Kier alpha value is -1.08. The third-order valence-electron chi connectivity index (χ3n) is 2.05. The summed E-state index contributed by atoms with van der Waals surface area (Å²) >= 11 is 1.76. The molecule has 0 unspecified atom stereocenters. The van der Waals surface area contributed by atoms with E-state index in [0.29, 0.717) is 15.7 Å². The van der Waals surface area contributed by atoms with E-state index in [0.717, 1.165) is 16.0 Å². The normalized spacial score (nSPS) is 11.8. The summed E-state index contributed by atoms with van der Waals surface area (Å²) in [7, 11) is 0. The smallest absolute Gasteiger partial charge is 0.164 e. The van der Waals surface area contributed by atoms with Gasteiger partial charge < -0.3 is 0 Å². The molecule has 0 saturated heterocycles. The van der Waals surface area contributed by atoms with Gasteiger partial charge in [-0.15, -0.1) is 10.2 Å². The standard InChI is InChI=1S/C11H9F3N2S2/c1-6-3-7(2)5-8(4-6)17-10-16-15-9(18-10)11(12,13)14/h3-5H,1-2H3. The van der Waals surface area contributed by atoms with Crippen molar-refractivity contribution in [2.24, 2.45) is 0 Å². The minimum absolute atomic E-state index is 0.298. The molecule has 0 fully saturated rings. The van der Waals surface area contributed by atoms with Crippen LogP contribution in [0.5, 0.6) is 0 Å². The number of hydrogen-bond donors (Lipinski definition) is 0. The number of alkyl halides is 3. The molecule has 7 heteroatoms. The first kappa shape index (κ1) is 13.4. The van der Waals surface area contributed by atoms with Gasteiger partial charge in [0.2, 0.25) is 5.01 Å². The predicted octanol–water partition coefficient (Wildman–Crippen LogP) is 4.32. The molecule has 0 atom stereocenters. The second kappa shape index (κ2) is 4.89. The van der Waals surface area contributed by atoms with E-state index >= 15 is 0 Å². The minimum atomic E-state index is -4.42. The van der Waals surface area contributed by atoms with Crippen molar-refractivity contribution in [3.63, 3.8) is 0 Å². The molecule has 1 aromatic heterocycles. The van der Waals surface area contributed by atoms with Crippen LogP contribution >= 0.6 is 23.1 Å². The molecule has 0 saturated carbocycles. The highest BCUT2D eigenvalue weighted by Gasteiger charge is 2.35. The Balaban J connectivity index is 2.21. The maximum atomic E-state index is 12.4. The van der Waals surface area contributed by atoms with Crippen LogP contribution in [0.3, 0.4) is 0 Å². The first-order valence-corrected chi connectivity index (χ1v) is 6.65. The maximum Gasteiger partial charge on any atom is 0.445 e. The average Bonchev–Trinajstić information content (AvgIpc) is 2.63. The van der Waals surface area contributed by atoms with Crippen LogP contribution in [0, 0.1) is 13.8 Å². The number of nitrogens with zero attached hydrogens (tertiary/aromatic N) is 2. The lowest BCUT2D eigenvalue weighted by molar-refractivity contribution is -0.138. The summed E-state index contributed by atoms with van der Waals surface area (Å²) < 4.78 is 37.4. The second-order valence-corrected chi connectivity index (χ2v) is 6.09. The topological polar surface area (TPSA) is 25.8 Å². The molecular weight excluding hydrogens is 281 g/mol. The van der Waals surface area contributed by atoms with Crippen LogP contribution in [0.25, 0.3) is 0 Å². The third kappa shape index (κ3) is 3.23. The van der Waals surface area contributed by atoms with Crippen molar-refractivity contribution in [1.82, 2.24) is 10.2 Å². The molecule has 0 bridgehead atoms. The third-order valence-corrected chi connectivity index (χ3v) is 4.04. The predicted molar refractivity (Wildman–Crippen MR) is 65.0 cm³/mol. The lowest BCUT2D eigenvalue weighted by atomic mass is 10.2. The van der Waals surface area contributed by atoms with Crippen LogP contribution in [-0.2, 0) is 6.18 Å². The SMILES string of the molecule is Cc1cc(C)cc(Sc2nnc(C(F)(F)F)s2)c1. The van der Waals surface area contributed by atoms with Crippen LogP contribution in [-0.4, -0.2) is 10.2 Å². The van der Waals surface area contributed by atoms with E-state index in [-0.39, 0.29) is 0 Å². The maximum absolute atomic E-state index is 12.4. The Morgan fingerprint density at radius 3 is 2.17 bits per heavy atom. The van der Waals surface area contributed by atoms with Gasteiger partial charge in [0.25, 0.3) is 0 Å². The zero-order valence-corrected chi connectivity index (χ0v) is 11.2. The fourth-order valence-electron chi connectivity index (χ4n) is 1.46. The van der Waals surface area contributed by atoms with Gasteiger partial charge >= 0.3 is 6.18 Å². The van der Waals surface area contributed by atoms with Crippen LogP contribution in [0.2, 0.25) is 0 Å². The minimum Gasteiger partial charge on any atom is -0.164 e. The first-order valence-electron chi connectivity index (χ1n) is 5.01. The molecule has 1 heterocycles. The Kier molecular flexibility index (Phi) is 3.63. The van der Waals surface area contributed by atoms with Gasteiger partial charge in [0.15, 0.2) is 4.34 Å². The monoisotopic (exact) mass is 290 g/mol. The molecule has 0 N–H and O–H groups in total. The van der Waals surface area contributed by atoms with E-state index in [9.17, 15) is 13.2 Å². The Morgan fingerprint density at radius 2 is 1.67 bits per heavy atom. The molecule has 0 amide bonds.